The number of nitrogens with zero attached hydrogens (tertiary/aromatic N) is 1. The largest absolute Gasteiger partial charge is 0.299 e. The van der Waals surface area contributed by atoms with Gasteiger partial charge in [0.1, 0.15) is 0 Å². The van der Waals surface area contributed by atoms with Gasteiger partial charge in [-0.25, -0.2) is 0 Å². The molecule has 0 aromatic heterocycles. The Morgan fingerprint density at radius 1 is 0.850 bits per heavy atom. The van der Waals surface area contributed by atoms with Gasteiger partial charge < -0.3 is 0 Å². The fourth-order valence-corrected chi connectivity index (χ4v) is 3.30. The molecule has 0 spiro atoms. The quantitative estimate of drug-likeness (QED) is 0.807. The summed E-state index contributed by atoms with van der Waals surface area (Å²) in [5.41, 5.74) is 2.91. The zero-order chi connectivity index (χ0) is 13.8. The summed E-state index contributed by atoms with van der Waals surface area (Å²) in [5.74, 6) is 1.58. The molecule has 104 valence electrons. The SMILES string of the molecule is CC1CN(Cc2ccccc2)CC1Cc1ccccc1. The van der Waals surface area contributed by atoms with Crippen LogP contribution in [0.3, 0.4) is 0 Å². The molecule has 1 heterocycles. The molecule has 0 amide bonds. The van der Waals surface area contributed by atoms with Crippen molar-refractivity contribution in [1.29, 1.82) is 0 Å². The first kappa shape index (κ1) is 13.4. The van der Waals surface area contributed by atoms with E-state index in [2.05, 4.69) is 72.5 Å². The van der Waals surface area contributed by atoms with Crippen molar-refractivity contribution in [3.63, 3.8) is 0 Å². The smallest absolute Gasteiger partial charge is 0.0233 e. The fourth-order valence-electron chi connectivity index (χ4n) is 3.30. The number of rotatable bonds is 4. The highest BCUT2D eigenvalue weighted by molar-refractivity contribution is 5.17. The Morgan fingerprint density at radius 3 is 2.10 bits per heavy atom. The van der Waals surface area contributed by atoms with Crippen LogP contribution in [0, 0.1) is 11.8 Å². The Balaban J connectivity index is 1.59. The lowest BCUT2D eigenvalue weighted by molar-refractivity contribution is 0.314. The third-order valence-corrected chi connectivity index (χ3v) is 4.43. The highest BCUT2D eigenvalue weighted by Gasteiger charge is 2.29. The predicted molar refractivity (Wildman–Crippen MR) is 84.5 cm³/mol. The minimum absolute atomic E-state index is 0.791. The van der Waals surface area contributed by atoms with E-state index < -0.39 is 0 Å². The van der Waals surface area contributed by atoms with E-state index in [-0.39, 0.29) is 0 Å². The van der Waals surface area contributed by atoms with Crippen LogP contribution in [0.5, 0.6) is 0 Å². The van der Waals surface area contributed by atoms with Crippen LogP contribution in [-0.4, -0.2) is 18.0 Å². The molecule has 2 aromatic carbocycles. The second-order valence-corrected chi connectivity index (χ2v) is 6.11. The van der Waals surface area contributed by atoms with Gasteiger partial charge in [0, 0.05) is 19.6 Å². The molecule has 2 unspecified atom stereocenters. The molecule has 2 aromatic rings. The van der Waals surface area contributed by atoms with Gasteiger partial charge in [-0.2, -0.15) is 0 Å². The molecule has 1 fully saturated rings. The first-order chi connectivity index (χ1) is 9.81. The second kappa shape index (κ2) is 6.23. The Hall–Kier alpha value is -1.60. The Morgan fingerprint density at radius 2 is 1.45 bits per heavy atom. The summed E-state index contributed by atoms with van der Waals surface area (Å²) in [6.45, 7) is 5.95. The van der Waals surface area contributed by atoms with Crippen molar-refractivity contribution >= 4 is 0 Å². The fraction of sp³-hybridized carbons (Fsp3) is 0.368. The van der Waals surface area contributed by atoms with Crippen LogP contribution in [-0.2, 0) is 13.0 Å². The van der Waals surface area contributed by atoms with E-state index in [0.717, 1.165) is 18.4 Å². The maximum Gasteiger partial charge on any atom is 0.0233 e. The molecule has 0 radical (unpaired) electrons. The van der Waals surface area contributed by atoms with Crippen LogP contribution in [0.25, 0.3) is 0 Å². The van der Waals surface area contributed by atoms with Crippen LogP contribution >= 0.6 is 0 Å². The molecule has 0 saturated carbocycles. The van der Waals surface area contributed by atoms with Crippen molar-refractivity contribution in [3.8, 4) is 0 Å². The van der Waals surface area contributed by atoms with E-state index >= 15 is 0 Å². The van der Waals surface area contributed by atoms with E-state index in [1.54, 1.807) is 0 Å². The lowest BCUT2D eigenvalue weighted by Gasteiger charge is -2.16. The number of hydrogen-bond acceptors (Lipinski definition) is 1. The predicted octanol–water partition coefficient (Wildman–Crippen LogP) is 4.00. The third kappa shape index (κ3) is 3.29. The van der Waals surface area contributed by atoms with Crippen molar-refractivity contribution in [2.45, 2.75) is 19.9 Å². The Bertz CT molecular complexity index is 520. The molecule has 3 rings (SSSR count). The van der Waals surface area contributed by atoms with Crippen LogP contribution < -0.4 is 0 Å². The number of likely N-dealkylation sites (tertiary alicyclic amines) is 1. The Kier molecular flexibility index (Phi) is 4.17. The lowest BCUT2D eigenvalue weighted by atomic mass is 9.91. The molecule has 20 heavy (non-hydrogen) atoms. The summed E-state index contributed by atoms with van der Waals surface area (Å²) in [7, 11) is 0. The molecule has 0 N–H and O–H groups in total. The minimum Gasteiger partial charge on any atom is -0.299 e. The zero-order valence-corrected chi connectivity index (χ0v) is 12.2. The van der Waals surface area contributed by atoms with Gasteiger partial charge in [0.15, 0.2) is 0 Å². The average molecular weight is 265 g/mol. The van der Waals surface area contributed by atoms with E-state index in [0.29, 0.717) is 0 Å². The molecular weight excluding hydrogens is 242 g/mol. The monoisotopic (exact) mass is 265 g/mol. The van der Waals surface area contributed by atoms with Crippen LogP contribution in [0.4, 0.5) is 0 Å². The molecule has 1 saturated heterocycles. The summed E-state index contributed by atoms with van der Waals surface area (Å²) in [6, 6.07) is 21.7. The van der Waals surface area contributed by atoms with Crippen molar-refractivity contribution in [2.75, 3.05) is 13.1 Å². The summed E-state index contributed by atoms with van der Waals surface area (Å²) in [5, 5.41) is 0. The maximum absolute atomic E-state index is 2.60. The van der Waals surface area contributed by atoms with Gasteiger partial charge in [0.25, 0.3) is 0 Å². The van der Waals surface area contributed by atoms with Crippen molar-refractivity contribution in [2.24, 2.45) is 11.8 Å². The topological polar surface area (TPSA) is 3.24 Å². The lowest BCUT2D eigenvalue weighted by Crippen LogP contribution is -2.20. The van der Waals surface area contributed by atoms with Crippen LogP contribution in [0.1, 0.15) is 18.1 Å². The minimum atomic E-state index is 0.791. The van der Waals surface area contributed by atoms with Gasteiger partial charge in [-0.05, 0) is 29.4 Å². The van der Waals surface area contributed by atoms with Gasteiger partial charge in [0.2, 0.25) is 0 Å². The van der Waals surface area contributed by atoms with Crippen LogP contribution in [0.2, 0.25) is 0 Å². The average Bonchev–Trinajstić information content (AvgIpc) is 2.81. The first-order valence-corrected chi connectivity index (χ1v) is 7.61. The molecule has 2 atom stereocenters. The van der Waals surface area contributed by atoms with Crippen molar-refractivity contribution < 1.29 is 0 Å². The Labute approximate surface area is 122 Å². The van der Waals surface area contributed by atoms with E-state index in [1.807, 2.05) is 0 Å². The molecule has 1 aliphatic heterocycles. The summed E-state index contributed by atoms with van der Waals surface area (Å²) in [4.78, 5) is 2.60. The van der Waals surface area contributed by atoms with E-state index in [9.17, 15) is 0 Å². The normalized spacial score (nSPS) is 23.1. The highest BCUT2D eigenvalue weighted by Crippen LogP contribution is 2.27. The second-order valence-electron chi connectivity index (χ2n) is 6.11. The van der Waals surface area contributed by atoms with Crippen LogP contribution in [0.15, 0.2) is 60.7 Å². The van der Waals surface area contributed by atoms with E-state index in [4.69, 9.17) is 0 Å². The summed E-state index contributed by atoms with van der Waals surface area (Å²) < 4.78 is 0. The third-order valence-electron chi connectivity index (χ3n) is 4.43. The summed E-state index contributed by atoms with van der Waals surface area (Å²) >= 11 is 0. The van der Waals surface area contributed by atoms with Gasteiger partial charge in [-0.15, -0.1) is 0 Å². The van der Waals surface area contributed by atoms with Gasteiger partial charge in [-0.3, -0.25) is 4.90 Å². The molecule has 0 bridgehead atoms. The van der Waals surface area contributed by atoms with Crippen molar-refractivity contribution in [1.82, 2.24) is 4.90 Å². The molecule has 0 aliphatic carbocycles. The number of benzene rings is 2. The standard InChI is InChI=1S/C19H23N/c1-16-13-20(14-18-10-6-3-7-11-18)15-19(16)12-17-8-4-2-5-9-17/h2-11,16,19H,12-15H2,1H3. The molecule has 1 heteroatoms. The molecule has 1 aliphatic rings. The maximum atomic E-state index is 2.60. The van der Waals surface area contributed by atoms with Gasteiger partial charge in [-0.1, -0.05) is 67.6 Å². The highest BCUT2D eigenvalue weighted by atomic mass is 15.1. The molecular formula is C19H23N. The number of hydrogen-bond donors (Lipinski definition) is 0. The van der Waals surface area contributed by atoms with E-state index in [1.165, 1.54) is 30.6 Å². The van der Waals surface area contributed by atoms with Gasteiger partial charge in [0.05, 0.1) is 0 Å². The zero-order valence-electron chi connectivity index (χ0n) is 12.2. The summed E-state index contributed by atoms with van der Waals surface area (Å²) in [6.07, 6.45) is 1.22. The van der Waals surface area contributed by atoms with Crippen molar-refractivity contribution in [3.05, 3.63) is 71.8 Å². The van der Waals surface area contributed by atoms with Gasteiger partial charge >= 0.3 is 0 Å². The first-order valence-electron chi connectivity index (χ1n) is 7.61. The molecule has 1 nitrogen and oxygen atoms in total.